The quantitative estimate of drug-likeness (QED) is 0.590. The number of carbonyl (C=O) groups excluding carboxylic acids is 3. The highest BCUT2D eigenvalue weighted by molar-refractivity contribution is 6.19. The Morgan fingerprint density at radius 2 is 1.45 bits per heavy atom. The van der Waals surface area contributed by atoms with Crippen LogP contribution >= 0.6 is 0 Å². The lowest BCUT2D eigenvalue weighted by atomic mass is 9.76. The van der Waals surface area contributed by atoms with Crippen LogP contribution in [0.4, 0.5) is 13.2 Å². The Morgan fingerprint density at radius 3 is 1.82 bits per heavy atom. The average Bonchev–Trinajstić information content (AvgIpc) is 2.30. The molecule has 1 aliphatic rings. The van der Waals surface area contributed by atoms with E-state index in [1.165, 1.54) is 0 Å². The molecule has 22 heavy (non-hydrogen) atoms. The van der Waals surface area contributed by atoms with Crippen molar-refractivity contribution in [3.05, 3.63) is 0 Å². The molecule has 1 atom stereocenters. The summed E-state index contributed by atoms with van der Waals surface area (Å²) in [7, 11) is 0. The maximum absolute atomic E-state index is 14.7. The standard InChI is InChI=1S/C15H21F3O4/c1-9(19)10(12(21)22-13(2,3)4)11(20)14(16)5-7-15(17,18)8-6-14/h10H,5-8H2,1-4H3. The first-order chi connectivity index (χ1) is 9.77. The predicted molar refractivity (Wildman–Crippen MR) is 72.3 cm³/mol. The van der Waals surface area contributed by atoms with Crippen LogP contribution in [0.15, 0.2) is 0 Å². The van der Waals surface area contributed by atoms with Crippen molar-refractivity contribution in [3.63, 3.8) is 0 Å². The van der Waals surface area contributed by atoms with Crippen molar-refractivity contribution in [2.45, 2.75) is 70.6 Å². The Bertz CT molecular complexity index is 470. The van der Waals surface area contributed by atoms with Crippen LogP contribution in [0.2, 0.25) is 0 Å². The van der Waals surface area contributed by atoms with Crippen LogP contribution in [0.3, 0.4) is 0 Å². The molecular formula is C15H21F3O4. The summed E-state index contributed by atoms with van der Waals surface area (Å²) in [6.07, 6.45) is -2.97. The minimum atomic E-state index is -3.02. The van der Waals surface area contributed by atoms with Gasteiger partial charge in [0.1, 0.15) is 5.60 Å². The molecule has 7 heteroatoms. The summed E-state index contributed by atoms with van der Waals surface area (Å²) >= 11 is 0. The van der Waals surface area contributed by atoms with Gasteiger partial charge in [-0.15, -0.1) is 0 Å². The molecule has 0 N–H and O–H groups in total. The van der Waals surface area contributed by atoms with Gasteiger partial charge in [-0.1, -0.05) is 0 Å². The lowest BCUT2D eigenvalue weighted by molar-refractivity contribution is -0.168. The van der Waals surface area contributed by atoms with E-state index < -0.39 is 66.3 Å². The fourth-order valence-electron chi connectivity index (χ4n) is 2.34. The molecule has 0 spiro atoms. The van der Waals surface area contributed by atoms with E-state index in [-0.39, 0.29) is 0 Å². The summed E-state index contributed by atoms with van der Waals surface area (Å²) in [5.41, 5.74) is -3.54. The summed E-state index contributed by atoms with van der Waals surface area (Å²) in [4.78, 5) is 35.8. The Labute approximate surface area is 127 Å². The normalized spacial score (nSPS) is 21.8. The summed E-state index contributed by atoms with van der Waals surface area (Å²) in [6.45, 7) is 5.60. The molecule has 126 valence electrons. The number of carbonyl (C=O) groups is 3. The largest absolute Gasteiger partial charge is 0.459 e. The summed E-state index contributed by atoms with van der Waals surface area (Å²) in [6, 6.07) is 0. The van der Waals surface area contributed by atoms with Gasteiger partial charge in [-0.05, 0) is 40.5 Å². The molecule has 0 radical (unpaired) electrons. The maximum atomic E-state index is 14.7. The topological polar surface area (TPSA) is 60.4 Å². The molecule has 0 saturated heterocycles. The summed E-state index contributed by atoms with van der Waals surface area (Å²) in [5.74, 6) is -8.19. The average molecular weight is 322 g/mol. The molecule has 0 aromatic rings. The van der Waals surface area contributed by atoms with Gasteiger partial charge in [0.05, 0.1) is 0 Å². The van der Waals surface area contributed by atoms with Crippen molar-refractivity contribution >= 4 is 17.5 Å². The highest BCUT2D eigenvalue weighted by Gasteiger charge is 2.53. The highest BCUT2D eigenvalue weighted by Crippen LogP contribution is 2.42. The molecule has 1 aliphatic carbocycles. The Kier molecular flexibility index (Phi) is 5.09. The van der Waals surface area contributed by atoms with E-state index in [2.05, 4.69) is 0 Å². The van der Waals surface area contributed by atoms with E-state index in [0.717, 1.165) is 6.92 Å². The van der Waals surface area contributed by atoms with Crippen molar-refractivity contribution in [1.29, 1.82) is 0 Å². The third-order valence-electron chi connectivity index (χ3n) is 3.53. The van der Waals surface area contributed by atoms with Crippen molar-refractivity contribution in [2.24, 2.45) is 5.92 Å². The number of alkyl halides is 3. The Morgan fingerprint density at radius 1 is 1.00 bits per heavy atom. The fourth-order valence-corrected chi connectivity index (χ4v) is 2.34. The number of ether oxygens (including phenoxy) is 1. The van der Waals surface area contributed by atoms with E-state index in [4.69, 9.17) is 4.74 Å². The Balaban J connectivity index is 2.95. The molecule has 1 unspecified atom stereocenters. The van der Waals surface area contributed by atoms with Crippen molar-refractivity contribution in [2.75, 3.05) is 0 Å². The van der Waals surface area contributed by atoms with E-state index in [1.54, 1.807) is 20.8 Å². The number of esters is 1. The smallest absolute Gasteiger partial charge is 0.324 e. The second kappa shape index (κ2) is 6.01. The maximum Gasteiger partial charge on any atom is 0.324 e. The van der Waals surface area contributed by atoms with E-state index >= 15 is 0 Å². The Hall–Kier alpha value is -1.40. The number of hydrogen-bond donors (Lipinski definition) is 0. The molecule has 0 amide bonds. The van der Waals surface area contributed by atoms with Gasteiger partial charge in [-0.3, -0.25) is 14.4 Å². The van der Waals surface area contributed by atoms with Crippen molar-refractivity contribution in [3.8, 4) is 0 Å². The second-order valence-electron chi connectivity index (χ2n) is 6.76. The molecule has 0 heterocycles. The number of rotatable bonds is 4. The van der Waals surface area contributed by atoms with Gasteiger partial charge >= 0.3 is 5.97 Å². The first kappa shape index (κ1) is 18.6. The molecule has 0 aromatic carbocycles. The van der Waals surface area contributed by atoms with Gasteiger partial charge in [0.15, 0.2) is 23.2 Å². The summed E-state index contributed by atoms with van der Waals surface area (Å²) in [5, 5.41) is 0. The second-order valence-corrected chi connectivity index (χ2v) is 6.76. The molecular weight excluding hydrogens is 301 g/mol. The predicted octanol–water partition coefficient (Wildman–Crippen LogP) is 3.02. The van der Waals surface area contributed by atoms with Crippen molar-refractivity contribution in [1.82, 2.24) is 0 Å². The minimum Gasteiger partial charge on any atom is -0.459 e. The van der Waals surface area contributed by atoms with Crippen molar-refractivity contribution < 1.29 is 32.3 Å². The van der Waals surface area contributed by atoms with Crippen LogP contribution < -0.4 is 0 Å². The van der Waals surface area contributed by atoms with Gasteiger partial charge < -0.3 is 4.74 Å². The molecule has 4 nitrogen and oxygen atoms in total. The van der Waals surface area contributed by atoms with Gasteiger partial charge in [0.25, 0.3) is 0 Å². The first-order valence-electron chi connectivity index (χ1n) is 7.12. The molecule has 1 saturated carbocycles. The monoisotopic (exact) mass is 322 g/mol. The summed E-state index contributed by atoms with van der Waals surface area (Å²) < 4.78 is 45.9. The molecule has 0 aromatic heterocycles. The number of halogens is 3. The van der Waals surface area contributed by atoms with Crippen LogP contribution in [-0.2, 0) is 19.1 Å². The lowest BCUT2D eigenvalue weighted by Crippen LogP contribution is -2.49. The van der Waals surface area contributed by atoms with Crippen LogP contribution in [0.5, 0.6) is 0 Å². The molecule has 0 aliphatic heterocycles. The van der Waals surface area contributed by atoms with Gasteiger partial charge in [0, 0.05) is 12.8 Å². The SMILES string of the molecule is CC(=O)C(C(=O)OC(C)(C)C)C(=O)C1(F)CCC(F)(F)CC1. The number of hydrogen-bond acceptors (Lipinski definition) is 4. The molecule has 0 bridgehead atoms. The zero-order valence-corrected chi connectivity index (χ0v) is 13.2. The van der Waals surface area contributed by atoms with Crippen LogP contribution in [0.25, 0.3) is 0 Å². The van der Waals surface area contributed by atoms with Crippen LogP contribution in [0.1, 0.15) is 53.4 Å². The van der Waals surface area contributed by atoms with E-state index in [1.807, 2.05) is 0 Å². The molecule has 1 fully saturated rings. The number of ketones is 2. The number of Topliss-reactive ketones (excluding diaryl/α,β-unsaturated/α-hetero) is 2. The van der Waals surface area contributed by atoms with Crippen LogP contribution in [-0.4, -0.2) is 34.7 Å². The zero-order valence-electron chi connectivity index (χ0n) is 13.2. The minimum absolute atomic E-state index is 0.703. The lowest BCUT2D eigenvalue weighted by Gasteiger charge is -2.34. The third kappa shape index (κ3) is 4.55. The van der Waals surface area contributed by atoms with Gasteiger partial charge in [-0.25, -0.2) is 13.2 Å². The third-order valence-corrected chi connectivity index (χ3v) is 3.53. The highest BCUT2D eigenvalue weighted by atomic mass is 19.3. The van der Waals surface area contributed by atoms with E-state index in [9.17, 15) is 27.6 Å². The molecule has 1 rings (SSSR count). The first-order valence-corrected chi connectivity index (χ1v) is 7.12. The van der Waals surface area contributed by atoms with E-state index in [0.29, 0.717) is 0 Å². The zero-order chi connectivity index (χ0) is 17.3. The van der Waals surface area contributed by atoms with Gasteiger partial charge in [-0.2, -0.15) is 0 Å². The van der Waals surface area contributed by atoms with Gasteiger partial charge in [0.2, 0.25) is 5.92 Å². The van der Waals surface area contributed by atoms with Crippen LogP contribution in [0, 0.1) is 5.92 Å². The fraction of sp³-hybridized carbons (Fsp3) is 0.800.